The number of carbonyl (C=O) groups is 1. The van der Waals surface area contributed by atoms with E-state index in [9.17, 15) is 9.36 Å². The van der Waals surface area contributed by atoms with Crippen LogP contribution in [0.3, 0.4) is 0 Å². The summed E-state index contributed by atoms with van der Waals surface area (Å²) in [6.07, 6.45) is 0. The van der Waals surface area contributed by atoms with Crippen molar-refractivity contribution >= 4 is 19.3 Å². The summed E-state index contributed by atoms with van der Waals surface area (Å²) < 4.78 is 20.0. The number of nitrogens with zero attached hydrogens (tertiary/aromatic N) is 2. The average molecular weight is 192 g/mol. The first-order valence-corrected chi connectivity index (χ1v) is 4.97. The van der Waals surface area contributed by atoms with Crippen molar-refractivity contribution in [3.05, 3.63) is 5.53 Å². The molecule has 0 aromatic heterocycles. The van der Waals surface area contributed by atoms with Gasteiger partial charge < -0.3 is 14.6 Å². The molecule has 0 rings (SSSR count). The Morgan fingerprint density at radius 1 is 1.58 bits per heavy atom. The molecule has 0 saturated carbocycles. The molecule has 0 spiro atoms. The second-order valence-electron chi connectivity index (χ2n) is 2.01. The van der Waals surface area contributed by atoms with Crippen LogP contribution in [-0.4, -0.2) is 30.2 Å². The van der Waals surface area contributed by atoms with Gasteiger partial charge in [-0.1, -0.05) is 0 Å². The van der Waals surface area contributed by atoms with E-state index in [1.165, 1.54) is 0 Å². The quantitative estimate of drug-likeness (QED) is 0.216. The van der Waals surface area contributed by atoms with Gasteiger partial charge in [-0.05, 0) is 0 Å². The summed E-state index contributed by atoms with van der Waals surface area (Å²) >= 11 is 0. The highest BCUT2D eigenvalue weighted by atomic mass is 31.2. The second kappa shape index (κ2) is 4.16. The van der Waals surface area contributed by atoms with Crippen molar-refractivity contribution in [1.29, 1.82) is 0 Å². The minimum atomic E-state index is -3.31. The lowest BCUT2D eigenvalue weighted by molar-refractivity contribution is -0.118. The van der Waals surface area contributed by atoms with Gasteiger partial charge in [-0.25, -0.2) is 4.57 Å². The molecule has 1 unspecified atom stereocenters. The van der Waals surface area contributed by atoms with Gasteiger partial charge >= 0.3 is 13.5 Å². The zero-order valence-corrected chi connectivity index (χ0v) is 7.87. The van der Waals surface area contributed by atoms with Crippen molar-refractivity contribution in [3.8, 4) is 0 Å². The molecule has 0 aromatic carbocycles. The van der Waals surface area contributed by atoms with Crippen molar-refractivity contribution in [3.63, 3.8) is 0 Å². The topological polar surface area (TPSA) is 89.0 Å². The molecule has 68 valence electrons. The number of ketones is 1. The molecule has 0 fully saturated rings. The van der Waals surface area contributed by atoms with Crippen LogP contribution in [0.25, 0.3) is 5.53 Å². The second-order valence-corrected chi connectivity index (χ2v) is 4.10. The number of hydrogen-bond acceptors (Lipinski definition) is 4. The van der Waals surface area contributed by atoms with Crippen LogP contribution in [0.4, 0.5) is 0 Å². The lowest BCUT2D eigenvalue weighted by atomic mass is 10.5. The fourth-order valence-electron chi connectivity index (χ4n) is 0.347. The molecule has 0 aliphatic rings. The Labute approximate surface area is 69.6 Å². The van der Waals surface area contributed by atoms with Crippen molar-refractivity contribution in [1.82, 2.24) is 0 Å². The third-order valence-electron chi connectivity index (χ3n) is 0.976. The van der Waals surface area contributed by atoms with Crippen LogP contribution in [0.5, 0.6) is 0 Å². The van der Waals surface area contributed by atoms with Crippen LogP contribution in [0, 0.1) is 0 Å². The van der Waals surface area contributed by atoms with Gasteiger partial charge in [-0.15, -0.1) is 4.79 Å². The van der Waals surface area contributed by atoms with E-state index in [0.717, 1.165) is 20.7 Å². The lowest BCUT2D eigenvalue weighted by Crippen LogP contribution is -2.14. The number of Topliss-reactive ketones (excluding diaryl/α,β-unsaturated/α-hetero) is 1. The molecule has 0 aliphatic carbocycles. The molecule has 0 radical (unpaired) electrons. The monoisotopic (exact) mass is 192 g/mol. The van der Waals surface area contributed by atoms with E-state index in [1.807, 2.05) is 0 Å². The van der Waals surface area contributed by atoms with E-state index in [0.29, 0.717) is 0 Å². The predicted molar refractivity (Wildman–Crippen MR) is 40.9 cm³/mol. The van der Waals surface area contributed by atoms with E-state index < -0.39 is 19.3 Å². The van der Waals surface area contributed by atoms with E-state index in [-0.39, 0.29) is 0 Å². The normalized spacial score (nSPS) is 14.2. The molecule has 0 aromatic rings. The van der Waals surface area contributed by atoms with Crippen LogP contribution in [0.15, 0.2) is 0 Å². The maximum absolute atomic E-state index is 11.1. The number of rotatable bonds is 3. The third-order valence-corrected chi connectivity index (χ3v) is 2.14. The van der Waals surface area contributed by atoms with Crippen molar-refractivity contribution < 1.29 is 23.2 Å². The van der Waals surface area contributed by atoms with Gasteiger partial charge in [0, 0.05) is 14.0 Å². The van der Waals surface area contributed by atoms with Gasteiger partial charge in [0.25, 0.3) is 5.78 Å². The minimum Gasteiger partial charge on any atom is -0.357 e. The molecule has 7 heteroatoms. The van der Waals surface area contributed by atoms with Gasteiger partial charge in [0.15, 0.2) is 0 Å². The van der Waals surface area contributed by atoms with Crippen LogP contribution < -0.4 is 0 Å². The summed E-state index contributed by atoms with van der Waals surface area (Å²) in [7, 11) is -2.15. The smallest absolute Gasteiger partial charge is 0.357 e. The highest BCUT2D eigenvalue weighted by molar-refractivity contribution is 7.53. The van der Waals surface area contributed by atoms with Gasteiger partial charge in [0.1, 0.15) is 0 Å². The van der Waals surface area contributed by atoms with Crippen LogP contribution in [0.1, 0.15) is 6.92 Å². The van der Waals surface area contributed by atoms with E-state index in [4.69, 9.17) is 5.53 Å². The number of carbonyl (C=O) groups excluding carboxylic acids is 1. The first-order valence-electron chi connectivity index (χ1n) is 2.99. The fraction of sp³-hybridized carbons (Fsp3) is 0.600. The fourth-order valence-corrected chi connectivity index (χ4v) is 0.901. The maximum atomic E-state index is 11.1. The van der Waals surface area contributed by atoms with Crippen molar-refractivity contribution in [2.45, 2.75) is 6.92 Å². The molecule has 0 amide bonds. The van der Waals surface area contributed by atoms with Crippen LogP contribution >= 0.6 is 7.60 Å². The zero-order chi connectivity index (χ0) is 9.78. The Bertz CT molecular complexity index is 281. The summed E-state index contributed by atoms with van der Waals surface area (Å²) in [6.45, 7) is 2.27. The molecular weight excluding hydrogens is 183 g/mol. The Morgan fingerprint density at radius 3 is 2.33 bits per heavy atom. The summed E-state index contributed by atoms with van der Waals surface area (Å²) in [6, 6.07) is 0. The molecular formula is C5H9N2O4P. The Hall–Kier alpha value is -0.960. The summed E-state index contributed by atoms with van der Waals surface area (Å²) in [5.74, 6) is -1.25. The highest BCUT2D eigenvalue weighted by Crippen LogP contribution is 2.42. The first kappa shape index (κ1) is 11.0. The Balaban J connectivity index is 4.55. The van der Waals surface area contributed by atoms with Gasteiger partial charge in [-0.2, -0.15) is 0 Å². The first-order chi connectivity index (χ1) is 5.43. The summed E-state index contributed by atoms with van der Waals surface area (Å²) in [4.78, 5) is 13.1. The van der Waals surface area contributed by atoms with Crippen molar-refractivity contribution in [2.24, 2.45) is 0 Å². The van der Waals surface area contributed by atoms with E-state index in [2.05, 4.69) is 13.8 Å². The molecule has 6 nitrogen and oxygen atoms in total. The van der Waals surface area contributed by atoms with E-state index in [1.54, 1.807) is 0 Å². The SMILES string of the molecule is COP(C)(=O)OC(=[N+]=[N-])C(C)=O. The Kier molecular flexibility index (Phi) is 3.83. The average Bonchev–Trinajstić information content (AvgIpc) is 2.00. The zero-order valence-electron chi connectivity index (χ0n) is 6.97. The van der Waals surface area contributed by atoms with Crippen molar-refractivity contribution in [2.75, 3.05) is 13.8 Å². The molecule has 0 aliphatic heterocycles. The Morgan fingerprint density at radius 2 is 2.08 bits per heavy atom. The van der Waals surface area contributed by atoms with E-state index >= 15 is 0 Å². The molecule has 1 atom stereocenters. The highest BCUT2D eigenvalue weighted by Gasteiger charge is 2.27. The van der Waals surface area contributed by atoms with Crippen LogP contribution in [0.2, 0.25) is 0 Å². The lowest BCUT2D eigenvalue weighted by Gasteiger charge is -2.06. The molecule has 12 heavy (non-hydrogen) atoms. The van der Waals surface area contributed by atoms with Gasteiger partial charge in [-0.3, -0.25) is 4.79 Å². The summed E-state index contributed by atoms with van der Waals surface area (Å²) in [5, 5.41) is 0. The molecule has 0 bridgehead atoms. The predicted octanol–water partition coefficient (Wildman–Crippen LogP) is 0.690. The maximum Gasteiger partial charge on any atom is 0.525 e. The standard InChI is InChI=1S/C5H9N2O4P/c1-4(8)5(7-6)11-12(3,9)10-2/h1-3H3. The number of hydrogen-bond donors (Lipinski definition) is 0. The minimum absolute atomic E-state index is 0.623. The van der Waals surface area contributed by atoms with Gasteiger partial charge in [0.05, 0.1) is 6.66 Å². The molecule has 0 saturated heterocycles. The molecule has 0 N–H and O–H groups in total. The van der Waals surface area contributed by atoms with Crippen LogP contribution in [-0.2, 0) is 18.4 Å². The molecule has 0 heterocycles. The third kappa shape index (κ3) is 3.44. The largest absolute Gasteiger partial charge is 0.525 e. The summed E-state index contributed by atoms with van der Waals surface area (Å²) in [5.41, 5.74) is 8.22. The van der Waals surface area contributed by atoms with Gasteiger partial charge in [0.2, 0.25) is 0 Å².